The molecule has 1 N–H and O–H groups in total. The van der Waals surface area contributed by atoms with E-state index in [1.165, 1.54) is 12.1 Å². The van der Waals surface area contributed by atoms with Crippen LogP contribution in [0.15, 0.2) is 21.1 Å². The van der Waals surface area contributed by atoms with E-state index in [1.54, 1.807) is 0 Å². The van der Waals surface area contributed by atoms with Gasteiger partial charge in [0.1, 0.15) is 5.82 Å². The van der Waals surface area contributed by atoms with E-state index in [1.807, 2.05) is 0 Å². The minimum atomic E-state index is -1.16. The number of hydrogen-bond donors (Lipinski definition) is 1. The molecule has 1 rings (SSSR count). The van der Waals surface area contributed by atoms with Gasteiger partial charge in [-0.15, -0.1) is 0 Å². The Morgan fingerprint density at radius 3 is 2.50 bits per heavy atom. The monoisotopic (exact) mass is 296 g/mol. The molecule has 0 heterocycles. The second-order valence-corrected chi connectivity index (χ2v) is 3.76. The number of carboxylic acid groups (broad SMARTS) is 1. The third kappa shape index (κ3) is 1.84. The normalized spacial score (nSPS) is 9.92. The molecule has 0 fully saturated rings. The average Bonchev–Trinajstić information content (AvgIpc) is 1.96. The maximum absolute atomic E-state index is 12.9. The minimum Gasteiger partial charge on any atom is -0.478 e. The third-order valence-electron chi connectivity index (χ3n) is 1.22. The fourth-order valence-electron chi connectivity index (χ4n) is 0.712. The van der Waals surface area contributed by atoms with Crippen LogP contribution >= 0.6 is 31.9 Å². The number of hydrogen-bond acceptors (Lipinski definition) is 1. The summed E-state index contributed by atoms with van der Waals surface area (Å²) in [6.07, 6.45) is 0. The van der Waals surface area contributed by atoms with Crippen LogP contribution in [-0.4, -0.2) is 11.1 Å². The van der Waals surface area contributed by atoms with Crippen LogP contribution in [0.5, 0.6) is 0 Å². The van der Waals surface area contributed by atoms with Gasteiger partial charge >= 0.3 is 5.97 Å². The summed E-state index contributed by atoms with van der Waals surface area (Å²) in [5, 5.41) is 8.60. The summed E-state index contributed by atoms with van der Waals surface area (Å²) in [5.74, 6) is -1.76. The van der Waals surface area contributed by atoms with Gasteiger partial charge in [0.2, 0.25) is 0 Å². The van der Waals surface area contributed by atoms with Crippen LogP contribution in [0.1, 0.15) is 10.4 Å². The molecule has 0 atom stereocenters. The molecule has 2 nitrogen and oxygen atoms in total. The largest absolute Gasteiger partial charge is 0.478 e. The van der Waals surface area contributed by atoms with Crippen molar-refractivity contribution in [1.82, 2.24) is 0 Å². The zero-order valence-electron chi connectivity index (χ0n) is 5.64. The molecule has 0 saturated carbocycles. The van der Waals surface area contributed by atoms with Crippen LogP contribution in [0.4, 0.5) is 4.39 Å². The van der Waals surface area contributed by atoms with E-state index >= 15 is 0 Å². The van der Waals surface area contributed by atoms with Crippen LogP contribution in [0.2, 0.25) is 0 Å². The number of carbonyl (C=O) groups is 1. The molecule has 0 spiro atoms. The lowest BCUT2D eigenvalue weighted by atomic mass is 10.2. The van der Waals surface area contributed by atoms with E-state index in [2.05, 4.69) is 31.9 Å². The Hall–Kier alpha value is -0.420. The van der Waals surface area contributed by atoms with Crippen molar-refractivity contribution in [3.8, 4) is 0 Å². The second kappa shape index (κ2) is 3.53. The fraction of sp³-hybridized carbons (Fsp3) is 0. The number of benzene rings is 1. The molecule has 1 aromatic carbocycles. The predicted octanol–water partition coefficient (Wildman–Crippen LogP) is 3.05. The molecule has 0 aromatic heterocycles. The van der Waals surface area contributed by atoms with E-state index in [0.29, 0.717) is 4.47 Å². The molecule has 0 amide bonds. The molecule has 64 valence electrons. The lowest BCUT2D eigenvalue weighted by Gasteiger charge is -2.00. The number of rotatable bonds is 1. The highest BCUT2D eigenvalue weighted by Crippen LogP contribution is 2.25. The van der Waals surface area contributed by atoms with Gasteiger partial charge in [0.15, 0.2) is 0 Å². The van der Waals surface area contributed by atoms with Gasteiger partial charge in [-0.05, 0) is 28.1 Å². The second-order valence-electron chi connectivity index (χ2n) is 2.05. The first kappa shape index (κ1) is 9.67. The maximum atomic E-state index is 12.9. The molecule has 0 saturated heterocycles. The van der Waals surface area contributed by atoms with Crippen LogP contribution in [0, 0.1) is 5.82 Å². The highest BCUT2D eigenvalue weighted by molar-refractivity contribution is 9.11. The number of carboxylic acids is 1. The Labute approximate surface area is 84.7 Å². The summed E-state index contributed by atoms with van der Waals surface area (Å²) >= 11 is 5.83. The highest BCUT2D eigenvalue weighted by Gasteiger charge is 2.12. The van der Waals surface area contributed by atoms with Crippen LogP contribution < -0.4 is 0 Å². The van der Waals surface area contributed by atoms with Crippen LogP contribution in [-0.2, 0) is 0 Å². The van der Waals surface area contributed by atoms with Gasteiger partial charge in [0, 0.05) is 4.47 Å². The van der Waals surface area contributed by atoms with Crippen molar-refractivity contribution < 1.29 is 14.3 Å². The third-order valence-corrected chi connectivity index (χ3v) is 2.49. The van der Waals surface area contributed by atoms with E-state index in [-0.39, 0.29) is 10.0 Å². The van der Waals surface area contributed by atoms with Gasteiger partial charge in [-0.1, -0.05) is 15.9 Å². The molecular weight excluding hydrogens is 295 g/mol. The van der Waals surface area contributed by atoms with Gasteiger partial charge in [-0.2, -0.15) is 0 Å². The standard InChI is InChI=1S/C7H3Br2FO2/c8-3-1-4(7(11)12)6(9)5(10)2-3/h1-2H,(H,11,12). The van der Waals surface area contributed by atoms with Crippen molar-refractivity contribution >= 4 is 37.8 Å². The molecule has 0 radical (unpaired) electrons. The van der Waals surface area contributed by atoms with Crippen LogP contribution in [0.3, 0.4) is 0 Å². The van der Waals surface area contributed by atoms with Gasteiger partial charge in [0.25, 0.3) is 0 Å². The van der Waals surface area contributed by atoms with E-state index in [4.69, 9.17) is 5.11 Å². The van der Waals surface area contributed by atoms with Crippen molar-refractivity contribution in [2.75, 3.05) is 0 Å². The Kier molecular flexibility index (Phi) is 2.85. The summed E-state index contributed by atoms with van der Waals surface area (Å²) in [6.45, 7) is 0. The number of aromatic carboxylic acids is 1. The Morgan fingerprint density at radius 2 is 2.00 bits per heavy atom. The first-order valence-corrected chi connectivity index (χ1v) is 4.49. The van der Waals surface area contributed by atoms with Crippen molar-refractivity contribution in [3.05, 3.63) is 32.5 Å². The first-order chi connectivity index (χ1) is 5.52. The van der Waals surface area contributed by atoms with Gasteiger partial charge in [-0.25, -0.2) is 9.18 Å². The molecule has 0 aliphatic carbocycles. The lowest BCUT2D eigenvalue weighted by molar-refractivity contribution is 0.0695. The van der Waals surface area contributed by atoms with Gasteiger partial charge in [0.05, 0.1) is 10.0 Å². The van der Waals surface area contributed by atoms with Gasteiger partial charge in [-0.3, -0.25) is 0 Å². The Bertz CT molecular complexity index is 338. The number of halogens is 3. The van der Waals surface area contributed by atoms with Gasteiger partial charge < -0.3 is 5.11 Å². The summed E-state index contributed by atoms with van der Waals surface area (Å²) in [5.41, 5.74) is -0.0955. The molecule has 0 aliphatic heterocycles. The SMILES string of the molecule is O=C(O)c1cc(Br)cc(F)c1Br. The minimum absolute atomic E-state index is 0.0294. The smallest absolute Gasteiger partial charge is 0.336 e. The summed E-state index contributed by atoms with van der Waals surface area (Å²) in [7, 11) is 0. The summed E-state index contributed by atoms with van der Waals surface area (Å²) in [4.78, 5) is 10.5. The summed E-state index contributed by atoms with van der Waals surface area (Å²) in [6, 6.07) is 2.52. The predicted molar refractivity (Wildman–Crippen MR) is 48.8 cm³/mol. The lowest BCUT2D eigenvalue weighted by Crippen LogP contribution is -1.99. The zero-order chi connectivity index (χ0) is 9.30. The van der Waals surface area contributed by atoms with Crippen molar-refractivity contribution in [3.63, 3.8) is 0 Å². The molecule has 5 heteroatoms. The first-order valence-electron chi connectivity index (χ1n) is 2.90. The zero-order valence-corrected chi connectivity index (χ0v) is 8.82. The molecule has 0 aliphatic rings. The summed E-state index contributed by atoms with van der Waals surface area (Å²) < 4.78 is 13.2. The quantitative estimate of drug-likeness (QED) is 0.809. The highest BCUT2D eigenvalue weighted by atomic mass is 79.9. The van der Waals surface area contributed by atoms with Crippen molar-refractivity contribution in [2.45, 2.75) is 0 Å². The van der Waals surface area contributed by atoms with Crippen LogP contribution in [0.25, 0.3) is 0 Å². The molecular formula is C7H3Br2FO2. The molecule has 12 heavy (non-hydrogen) atoms. The fourth-order valence-corrected chi connectivity index (χ4v) is 1.54. The average molecular weight is 298 g/mol. The molecule has 1 aromatic rings. The van der Waals surface area contributed by atoms with Crippen molar-refractivity contribution in [1.29, 1.82) is 0 Å². The van der Waals surface area contributed by atoms with E-state index < -0.39 is 11.8 Å². The maximum Gasteiger partial charge on any atom is 0.336 e. The molecule has 0 bridgehead atoms. The van der Waals surface area contributed by atoms with Crippen molar-refractivity contribution in [2.24, 2.45) is 0 Å². The Balaban J connectivity index is 3.37. The van der Waals surface area contributed by atoms with E-state index in [0.717, 1.165) is 0 Å². The Morgan fingerprint density at radius 1 is 1.42 bits per heavy atom. The topological polar surface area (TPSA) is 37.3 Å². The molecule has 0 unspecified atom stereocenters. The van der Waals surface area contributed by atoms with E-state index in [9.17, 15) is 9.18 Å².